The lowest BCUT2D eigenvalue weighted by atomic mass is 10.0. The highest BCUT2D eigenvalue weighted by Crippen LogP contribution is 2.23. The first-order chi connectivity index (χ1) is 9.79. The van der Waals surface area contributed by atoms with Crippen molar-refractivity contribution in [2.45, 2.75) is 39.2 Å². The van der Waals surface area contributed by atoms with E-state index < -0.39 is 0 Å². The average molecular weight is 293 g/mol. The third-order valence-corrected chi connectivity index (χ3v) is 4.96. The van der Waals surface area contributed by atoms with Crippen LogP contribution in [0.1, 0.15) is 44.7 Å². The van der Waals surface area contributed by atoms with Crippen molar-refractivity contribution in [3.05, 3.63) is 29.8 Å². The molecule has 0 spiro atoms. The van der Waals surface area contributed by atoms with E-state index in [4.69, 9.17) is 4.74 Å². The van der Waals surface area contributed by atoms with Gasteiger partial charge in [-0.3, -0.25) is 0 Å². The number of rotatable bonds is 7. The van der Waals surface area contributed by atoms with Crippen molar-refractivity contribution in [2.75, 3.05) is 24.7 Å². The van der Waals surface area contributed by atoms with Gasteiger partial charge in [0.05, 0.1) is 6.61 Å². The van der Waals surface area contributed by atoms with E-state index in [9.17, 15) is 0 Å². The van der Waals surface area contributed by atoms with E-state index in [2.05, 4.69) is 55.2 Å². The summed E-state index contributed by atoms with van der Waals surface area (Å²) in [7, 11) is 0. The largest absolute Gasteiger partial charge is 0.494 e. The molecule has 1 aromatic rings. The summed E-state index contributed by atoms with van der Waals surface area (Å²) in [6.07, 6.45) is 3.79. The van der Waals surface area contributed by atoms with Gasteiger partial charge in [-0.15, -0.1) is 0 Å². The lowest BCUT2D eigenvalue weighted by Gasteiger charge is -2.24. The van der Waals surface area contributed by atoms with Gasteiger partial charge in [0.15, 0.2) is 0 Å². The van der Waals surface area contributed by atoms with Crippen molar-refractivity contribution >= 4 is 11.8 Å². The Kier molecular flexibility index (Phi) is 6.74. The molecule has 2 rings (SSSR count). The van der Waals surface area contributed by atoms with E-state index in [0.29, 0.717) is 6.04 Å². The summed E-state index contributed by atoms with van der Waals surface area (Å²) < 4.78 is 5.62. The maximum Gasteiger partial charge on any atom is 0.119 e. The lowest BCUT2D eigenvalue weighted by Crippen LogP contribution is -2.27. The first-order valence-corrected chi connectivity index (χ1v) is 8.99. The van der Waals surface area contributed by atoms with Gasteiger partial charge in [-0.05, 0) is 67.9 Å². The Balaban J connectivity index is 1.77. The number of thioether (sulfide) groups is 1. The van der Waals surface area contributed by atoms with Crippen LogP contribution in [0.4, 0.5) is 0 Å². The molecular formula is C17H27NOS. The van der Waals surface area contributed by atoms with Crippen molar-refractivity contribution in [3.63, 3.8) is 0 Å². The summed E-state index contributed by atoms with van der Waals surface area (Å²) in [6.45, 7) is 6.33. The van der Waals surface area contributed by atoms with E-state index in [0.717, 1.165) is 31.2 Å². The number of hydrogen-bond donors (Lipinski definition) is 1. The van der Waals surface area contributed by atoms with Gasteiger partial charge in [-0.2, -0.15) is 11.8 Å². The van der Waals surface area contributed by atoms with Gasteiger partial charge in [0, 0.05) is 6.04 Å². The van der Waals surface area contributed by atoms with E-state index >= 15 is 0 Å². The Labute approximate surface area is 127 Å². The third kappa shape index (κ3) is 5.02. The molecule has 1 atom stereocenters. The van der Waals surface area contributed by atoms with Gasteiger partial charge in [-0.1, -0.05) is 19.1 Å². The maximum atomic E-state index is 5.62. The van der Waals surface area contributed by atoms with Gasteiger partial charge >= 0.3 is 0 Å². The number of benzene rings is 1. The summed E-state index contributed by atoms with van der Waals surface area (Å²) in [5.74, 6) is 4.52. The van der Waals surface area contributed by atoms with Crippen molar-refractivity contribution in [1.29, 1.82) is 0 Å². The summed E-state index contributed by atoms with van der Waals surface area (Å²) in [5, 5.41) is 3.68. The summed E-state index contributed by atoms with van der Waals surface area (Å²) in [6, 6.07) is 8.95. The minimum atomic E-state index is 0.421. The topological polar surface area (TPSA) is 21.3 Å². The second-order valence-corrected chi connectivity index (χ2v) is 6.83. The van der Waals surface area contributed by atoms with Crippen LogP contribution in [0.15, 0.2) is 24.3 Å². The van der Waals surface area contributed by atoms with Crippen LogP contribution in [0, 0.1) is 5.92 Å². The molecule has 0 saturated carbocycles. The molecule has 1 saturated heterocycles. The fourth-order valence-corrected chi connectivity index (χ4v) is 3.69. The smallest absolute Gasteiger partial charge is 0.119 e. The normalized spacial score (nSPS) is 17.9. The zero-order valence-corrected chi connectivity index (χ0v) is 13.5. The van der Waals surface area contributed by atoms with Gasteiger partial charge in [0.1, 0.15) is 5.75 Å². The molecule has 1 aliphatic rings. The quantitative estimate of drug-likeness (QED) is 0.811. The second kappa shape index (κ2) is 8.58. The highest BCUT2D eigenvalue weighted by Gasteiger charge is 2.14. The van der Waals surface area contributed by atoms with Gasteiger partial charge in [0.2, 0.25) is 0 Å². The molecule has 3 heteroatoms. The fourth-order valence-electron chi connectivity index (χ4n) is 2.48. The minimum Gasteiger partial charge on any atom is -0.494 e. The first kappa shape index (κ1) is 15.7. The van der Waals surface area contributed by atoms with E-state index in [-0.39, 0.29) is 0 Å². The molecule has 1 fully saturated rings. The number of ether oxygens (including phenoxy) is 1. The molecule has 20 heavy (non-hydrogen) atoms. The Morgan fingerprint density at radius 3 is 2.60 bits per heavy atom. The summed E-state index contributed by atoms with van der Waals surface area (Å²) >= 11 is 2.10. The Bertz CT molecular complexity index is 373. The van der Waals surface area contributed by atoms with E-state index in [1.54, 1.807) is 0 Å². The first-order valence-electron chi connectivity index (χ1n) is 7.83. The van der Waals surface area contributed by atoms with Crippen molar-refractivity contribution in [3.8, 4) is 5.75 Å². The zero-order chi connectivity index (χ0) is 14.2. The van der Waals surface area contributed by atoms with Crippen molar-refractivity contribution in [2.24, 2.45) is 5.92 Å². The van der Waals surface area contributed by atoms with Crippen LogP contribution in [-0.2, 0) is 0 Å². The fraction of sp³-hybridized carbons (Fsp3) is 0.647. The van der Waals surface area contributed by atoms with Crippen LogP contribution < -0.4 is 10.1 Å². The van der Waals surface area contributed by atoms with E-state index in [1.807, 2.05) is 0 Å². The minimum absolute atomic E-state index is 0.421. The van der Waals surface area contributed by atoms with Crippen LogP contribution in [0.2, 0.25) is 0 Å². The Hall–Kier alpha value is -0.670. The molecule has 1 aliphatic heterocycles. The van der Waals surface area contributed by atoms with Crippen molar-refractivity contribution in [1.82, 2.24) is 5.32 Å². The molecule has 1 N–H and O–H groups in total. The average Bonchev–Trinajstić information content (AvgIpc) is 2.52. The molecule has 1 heterocycles. The highest BCUT2D eigenvalue weighted by atomic mass is 32.2. The van der Waals surface area contributed by atoms with Crippen LogP contribution in [-0.4, -0.2) is 24.7 Å². The van der Waals surface area contributed by atoms with Crippen LogP contribution in [0.3, 0.4) is 0 Å². The molecule has 0 radical (unpaired) electrons. The molecule has 1 aromatic carbocycles. The highest BCUT2D eigenvalue weighted by molar-refractivity contribution is 7.99. The maximum absolute atomic E-state index is 5.62. The molecule has 0 amide bonds. The number of hydrogen-bond acceptors (Lipinski definition) is 3. The number of nitrogens with one attached hydrogen (secondary N) is 1. The van der Waals surface area contributed by atoms with Gasteiger partial charge in [0.25, 0.3) is 0 Å². The zero-order valence-electron chi connectivity index (χ0n) is 12.7. The molecule has 1 unspecified atom stereocenters. The van der Waals surface area contributed by atoms with E-state index in [1.165, 1.54) is 29.9 Å². The summed E-state index contributed by atoms with van der Waals surface area (Å²) in [5.41, 5.74) is 1.35. The lowest BCUT2D eigenvalue weighted by molar-refractivity contribution is 0.317. The second-order valence-electron chi connectivity index (χ2n) is 5.60. The van der Waals surface area contributed by atoms with Gasteiger partial charge < -0.3 is 10.1 Å². The van der Waals surface area contributed by atoms with Crippen LogP contribution in [0.25, 0.3) is 0 Å². The Morgan fingerprint density at radius 2 is 1.95 bits per heavy atom. The van der Waals surface area contributed by atoms with Crippen molar-refractivity contribution < 1.29 is 4.74 Å². The SMILES string of the molecule is CCCOc1ccc(C(C)NCC2CCSCC2)cc1. The molecule has 2 nitrogen and oxygen atoms in total. The predicted molar refractivity (Wildman–Crippen MR) is 88.7 cm³/mol. The summed E-state index contributed by atoms with van der Waals surface area (Å²) in [4.78, 5) is 0. The monoisotopic (exact) mass is 293 g/mol. The predicted octanol–water partition coefficient (Wildman–Crippen LogP) is 4.27. The standard InChI is InChI=1S/C17H27NOS/c1-3-10-19-17-6-4-16(5-7-17)14(2)18-13-15-8-11-20-12-9-15/h4-7,14-15,18H,3,8-13H2,1-2H3. The molecule has 0 aliphatic carbocycles. The van der Waals surface area contributed by atoms with Crippen LogP contribution in [0.5, 0.6) is 5.75 Å². The molecular weight excluding hydrogens is 266 g/mol. The molecule has 0 bridgehead atoms. The molecule has 112 valence electrons. The van der Waals surface area contributed by atoms with Crippen LogP contribution >= 0.6 is 11.8 Å². The molecule has 0 aromatic heterocycles. The van der Waals surface area contributed by atoms with Gasteiger partial charge in [-0.25, -0.2) is 0 Å². The Morgan fingerprint density at radius 1 is 1.25 bits per heavy atom. The third-order valence-electron chi connectivity index (χ3n) is 3.91.